The zero-order chi connectivity index (χ0) is 37.5. The van der Waals surface area contributed by atoms with Gasteiger partial charge in [0.15, 0.2) is 17.5 Å². The maximum Gasteiger partial charge on any atom is 0.164 e. The summed E-state index contributed by atoms with van der Waals surface area (Å²) in [5.41, 5.74) is 11.7. The van der Waals surface area contributed by atoms with Crippen LogP contribution >= 0.6 is 0 Å². The molecule has 0 saturated heterocycles. The second-order valence-electron chi connectivity index (χ2n) is 14.3. The summed E-state index contributed by atoms with van der Waals surface area (Å²) in [6.07, 6.45) is 0. The fourth-order valence-electron chi connectivity index (χ4n) is 8.24. The van der Waals surface area contributed by atoms with Gasteiger partial charge in [-0.1, -0.05) is 146 Å². The lowest BCUT2D eigenvalue weighted by molar-refractivity contribution is 0.665. The Labute approximate surface area is 325 Å². The van der Waals surface area contributed by atoms with E-state index in [1.807, 2.05) is 91.0 Å². The van der Waals surface area contributed by atoms with Crippen molar-refractivity contribution < 1.29 is 13.3 Å². The summed E-state index contributed by atoms with van der Waals surface area (Å²) < 4.78 is 19.8. The first-order valence-electron chi connectivity index (χ1n) is 18.9. The van der Waals surface area contributed by atoms with E-state index in [0.717, 1.165) is 105 Å². The highest BCUT2D eigenvalue weighted by atomic mass is 16.3. The van der Waals surface area contributed by atoms with Gasteiger partial charge in [-0.25, -0.2) is 15.0 Å². The van der Waals surface area contributed by atoms with E-state index in [-0.39, 0.29) is 0 Å². The number of para-hydroxylation sites is 4. The Bertz CT molecular complexity index is 3470. The van der Waals surface area contributed by atoms with Gasteiger partial charge in [0.05, 0.1) is 0 Å². The molecule has 57 heavy (non-hydrogen) atoms. The molecule has 0 amide bonds. The highest BCUT2D eigenvalue weighted by Crippen LogP contribution is 2.44. The maximum atomic E-state index is 6.89. The van der Waals surface area contributed by atoms with Crippen molar-refractivity contribution in [2.24, 2.45) is 0 Å². The SMILES string of the molecule is c1ccc(-c2nc(-c3ccccc3)nc(-c3ccc4c(c3)oc3ccc(-c5cccc6c5oc5c(-c7cccc8c7oc7ccccc78)cccc56)cc34)n2)cc1. The molecule has 6 heteroatoms. The van der Waals surface area contributed by atoms with Gasteiger partial charge in [0.2, 0.25) is 0 Å². The molecule has 0 spiro atoms. The molecule has 0 aliphatic heterocycles. The number of hydrogen-bond donors (Lipinski definition) is 0. The van der Waals surface area contributed by atoms with E-state index in [1.54, 1.807) is 0 Å². The van der Waals surface area contributed by atoms with E-state index in [1.165, 1.54) is 0 Å². The van der Waals surface area contributed by atoms with Crippen LogP contribution in [0.2, 0.25) is 0 Å². The maximum absolute atomic E-state index is 6.89. The van der Waals surface area contributed by atoms with E-state index < -0.39 is 0 Å². The van der Waals surface area contributed by atoms with Gasteiger partial charge in [-0.2, -0.15) is 0 Å². The lowest BCUT2D eigenvalue weighted by Crippen LogP contribution is -2.00. The molecular weight excluding hydrogens is 703 g/mol. The standard InChI is InChI=1S/C51H29N3O3/c1-3-12-30(13-4-1)49-52-50(31-14-5-2-6-15-31)54-51(53-49)33-24-26-36-42-28-32(25-27-44(42)55-45(36)29-33)34-17-9-19-38-40-21-11-22-41(48(40)57-46(34)38)39-20-10-18-37-35-16-7-8-23-43(35)56-47(37)39/h1-29H. The third-order valence-corrected chi connectivity index (χ3v) is 11.0. The molecule has 8 aromatic carbocycles. The molecule has 0 unspecified atom stereocenters. The number of hydrogen-bond acceptors (Lipinski definition) is 6. The predicted octanol–water partition coefficient (Wildman–Crippen LogP) is 13.9. The quantitative estimate of drug-likeness (QED) is 0.175. The minimum atomic E-state index is 0.582. The molecule has 12 rings (SSSR count). The molecule has 4 heterocycles. The van der Waals surface area contributed by atoms with Gasteiger partial charge in [-0.05, 0) is 35.9 Å². The molecule has 6 nitrogen and oxygen atoms in total. The van der Waals surface area contributed by atoms with Crippen LogP contribution in [0.25, 0.3) is 122 Å². The number of fused-ring (bicyclic) bond motifs is 9. The van der Waals surface area contributed by atoms with Crippen LogP contribution in [0.3, 0.4) is 0 Å². The van der Waals surface area contributed by atoms with Crippen LogP contribution in [0.4, 0.5) is 0 Å². The fraction of sp³-hybridized carbons (Fsp3) is 0. The van der Waals surface area contributed by atoms with Crippen LogP contribution < -0.4 is 0 Å². The topological polar surface area (TPSA) is 78.1 Å². The Morgan fingerprint density at radius 3 is 1.44 bits per heavy atom. The molecule has 4 aromatic heterocycles. The number of rotatable bonds is 5. The molecule has 0 aliphatic carbocycles. The Morgan fingerprint density at radius 2 is 0.754 bits per heavy atom. The molecule has 0 radical (unpaired) electrons. The van der Waals surface area contributed by atoms with Crippen molar-refractivity contribution in [3.63, 3.8) is 0 Å². The average Bonchev–Trinajstić information content (AvgIpc) is 3.98. The van der Waals surface area contributed by atoms with Gasteiger partial charge in [-0.15, -0.1) is 0 Å². The van der Waals surface area contributed by atoms with E-state index in [2.05, 4.69) is 84.9 Å². The van der Waals surface area contributed by atoms with Crippen LogP contribution in [-0.2, 0) is 0 Å². The summed E-state index contributed by atoms with van der Waals surface area (Å²) >= 11 is 0. The van der Waals surface area contributed by atoms with Crippen LogP contribution in [0.1, 0.15) is 0 Å². The van der Waals surface area contributed by atoms with E-state index in [4.69, 9.17) is 28.2 Å². The van der Waals surface area contributed by atoms with Gasteiger partial charge >= 0.3 is 0 Å². The fourth-order valence-corrected chi connectivity index (χ4v) is 8.24. The summed E-state index contributed by atoms with van der Waals surface area (Å²) in [7, 11) is 0. The zero-order valence-electron chi connectivity index (χ0n) is 30.3. The molecule has 0 fully saturated rings. The number of benzene rings is 8. The molecule has 0 aliphatic rings. The molecule has 0 saturated carbocycles. The Morgan fingerprint density at radius 1 is 0.263 bits per heavy atom. The van der Waals surface area contributed by atoms with Crippen molar-refractivity contribution in [3.05, 3.63) is 176 Å². The van der Waals surface area contributed by atoms with Crippen molar-refractivity contribution in [1.29, 1.82) is 0 Å². The molecule has 0 N–H and O–H groups in total. The lowest BCUT2D eigenvalue weighted by Gasteiger charge is -2.08. The molecule has 266 valence electrons. The summed E-state index contributed by atoms with van der Waals surface area (Å²) in [5, 5.41) is 6.34. The monoisotopic (exact) mass is 731 g/mol. The first kappa shape index (κ1) is 31.5. The van der Waals surface area contributed by atoms with Gasteiger partial charge in [-0.3, -0.25) is 0 Å². The zero-order valence-corrected chi connectivity index (χ0v) is 30.3. The Hall–Kier alpha value is -7.83. The van der Waals surface area contributed by atoms with Crippen molar-refractivity contribution in [2.75, 3.05) is 0 Å². The van der Waals surface area contributed by atoms with Gasteiger partial charge in [0, 0.05) is 65.7 Å². The van der Waals surface area contributed by atoms with Crippen molar-refractivity contribution in [3.8, 4) is 56.4 Å². The van der Waals surface area contributed by atoms with E-state index >= 15 is 0 Å². The van der Waals surface area contributed by atoms with Crippen molar-refractivity contribution in [2.45, 2.75) is 0 Å². The van der Waals surface area contributed by atoms with Crippen molar-refractivity contribution >= 4 is 65.8 Å². The summed E-state index contributed by atoms with van der Waals surface area (Å²) in [6.45, 7) is 0. The van der Waals surface area contributed by atoms with E-state index in [9.17, 15) is 0 Å². The third-order valence-electron chi connectivity index (χ3n) is 11.0. The average molecular weight is 732 g/mol. The second kappa shape index (κ2) is 12.3. The number of furan rings is 3. The largest absolute Gasteiger partial charge is 0.456 e. The summed E-state index contributed by atoms with van der Waals surface area (Å²) in [5.74, 6) is 1.82. The normalized spacial score (nSPS) is 11.9. The first-order valence-corrected chi connectivity index (χ1v) is 18.9. The smallest absolute Gasteiger partial charge is 0.164 e. The molecular formula is C51H29N3O3. The van der Waals surface area contributed by atoms with Crippen LogP contribution in [0, 0.1) is 0 Å². The second-order valence-corrected chi connectivity index (χ2v) is 14.3. The highest BCUT2D eigenvalue weighted by molar-refractivity contribution is 6.17. The van der Waals surface area contributed by atoms with Gasteiger partial charge in [0.25, 0.3) is 0 Å². The minimum absolute atomic E-state index is 0.582. The summed E-state index contributed by atoms with van der Waals surface area (Å²) in [4.78, 5) is 14.7. The lowest BCUT2D eigenvalue weighted by atomic mass is 9.98. The Balaban J connectivity index is 0.974. The predicted molar refractivity (Wildman–Crippen MR) is 229 cm³/mol. The first-order chi connectivity index (χ1) is 28.2. The van der Waals surface area contributed by atoms with Crippen LogP contribution in [0.15, 0.2) is 189 Å². The summed E-state index contributed by atoms with van der Waals surface area (Å²) in [6, 6.07) is 59.8. The molecule has 0 atom stereocenters. The third kappa shape index (κ3) is 5.01. The van der Waals surface area contributed by atoms with E-state index in [0.29, 0.717) is 17.5 Å². The van der Waals surface area contributed by atoms with Gasteiger partial charge < -0.3 is 13.3 Å². The van der Waals surface area contributed by atoms with Crippen molar-refractivity contribution in [1.82, 2.24) is 15.0 Å². The minimum Gasteiger partial charge on any atom is -0.456 e. The number of aromatic nitrogens is 3. The van der Waals surface area contributed by atoms with Crippen LogP contribution in [-0.4, -0.2) is 15.0 Å². The van der Waals surface area contributed by atoms with Crippen LogP contribution in [0.5, 0.6) is 0 Å². The Kier molecular flexibility index (Phi) is 6.83. The molecule has 0 bridgehead atoms. The number of nitrogens with zero attached hydrogens (tertiary/aromatic N) is 3. The highest BCUT2D eigenvalue weighted by Gasteiger charge is 2.20. The molecule has 12 aromatic rings. The van der Waals surface area contributed by atoms with Gasteiger partial charge in [0.1, 0.15) is 33.5 Å².